The Morgan fingerprint density at radius 3 is 2.27 bits per heavy atom. The maximum Gasteiger partial charge on any atom is 0.234 e. The Morgan fingerprint density at radius 1 is 1.00 bits per heavy atom. The van der Waals surface area contributed by atoms with E-state index < -0.39 is 5.41 Å². The molecule has 0 heterocycles. The van der Waals surface area contributed by atoms with Crippen LogP contribution in [0.1, 0.15) is 19.4 Å². The Hall–Kier alpha value is -2.49. The van der Waals surface area contributed by atoms with Crippen molar-refractivity contribution in [2.45, 2.75) is 19.3 Å². The third kappa shape index (κ3) is 3.22. The van der Waals surface area contributed by atoms with Gasteiger partial charge in [0.15, 0.2) is 0 Å². The minimum Gasteiger partial charge on any atom is -0.497 e. The van der Waals surface area contributed by atoms with Gasteiger partial charge in [0.2, 0.25) is 5.91 Å². The van der Waals surface area contributed by atoms with Crippen molar-refractivity contribution < 1.29 is 14.3 Å². The average Bonchev–Trinajstić information content (AvgIpc) is 2.55. The molecule has 2 aromatic carbocycles. The molecule has 116 valence electrons. The van der Waals surface area contributed by atoms with E-state index in [1.165, 1.54) is 0 Å². The summed E-state index contributed by atoms with van der Waals surface area (Å²) in [6.07, 6.45) is 0. The van der Waals surface area contributed by atoms with Gasteiger partial charge in [0.05, 0.1) is 25.3 Å². The lowest BCUT2D eigenvalue weighted by Crippen LogP contribution is -2.34. The van der Waals surface area contributed by atoms with E-state index in [0.717, 1.165) is 5.56 Å². The molecule has 0 bridgehead atoms. The molecule has 22 heavy (non-hydrogen) atoms. The summed E-state index contributed by atoms with van der Waals surface area (Å²) in [5, 5.41) is 2.93. The molecule has 0 aliphatic rings. The highest BCUT2D eigenvalue weighted by molar-refractivity contribution is 5.99. The van der Waals surface area contributed by atoms with Crippen molar-refractivity contribution in [3.8, 4) is 11.5 Å². The highest BCUT2D eigenvalue weighted by Crippen LogP contribution is 2.31. The van der Waals surface area contributed by atoms with Crippen LogP contribution in [0.2, 0.25) is 0 Å². The second-order valence-corrected chi connectivity index (χ2v) is 5.51. The second kappa shape index (κ2) is 6.52. The molecular formula is C18H21NO3. The number of carbonyl (C=O) groups is 1. The van der Waals surface area contributed by atoms with Crippen LogP contribution in [-0.4, -0.2) is 20.1 Å². The van der Waals surface area contributed by atoms with Gasteiger partial charge in [-0.2, -0.15) is 0 Å². The Labute approximate surface area is 131 Å². The Balaban J connectivity index is 2.25. The van der Waals surface area contributed by atoms with Crippen molar-refractivity contribution in [2.24, 2.45) is 0 Å². The summed E-state index contributed by atoms with van der Waals surface area (Å²) in [6.45, 7) is 3.79. The van der Waals surface area contributed by atoms with Gasteiger partial charge in [0.1, 0.15) is 11.5 Å². The molecule has 0 aliphatic heterocycles. The molecule has 0 saturated heterocycles. The van der Waals surface area contributed by atoms with Gasteiger partial charge in [-0.05, 0) is 31.5 Å². The highest BCUT2D eigenvalue weighted by atomic mass is 16.5. The Bertz CT molecular complexity index is 651. The first-order valence-electron chi connectivity index (χ1n) is 7.08. The van der Waals surface area contributed by atoms with Gasteiger partial charge in [-0.25, -0.2) is 0 Å². The summed E-state index contributed by atoms with van der Waals surface area (Å²) in [7, 11) is 3.15. The molecule has 0 atom stereocenters. The van der Waals surface area contributed by atoms with Crippen LogP contribution in [0, 0.1) is 0 Å². The van der Waals surface area contributed by atoms with Crippen molar-refractivity contribution in [3.63, 3.8) is 0 Å². The van der Waals surface area contributed by atoms with Gasteiger partial charge in [0.25, 0.3) is 0 Å². The predicted octanol–water partition coefficient (Wildman–Crippen LogP) is 3.62. The van der Waals surface area contributed by atoms with Crippen LogP contribution < -0.4 is 14.8 Å². The molecule has 0 saturated carbocycles. The largest absolute Gasteiger partial charge is 0.497 e. The summed E-state index contributed by atoms with van der Waals surface area (Å²) >= 11 is 0. The van der Waals surface area contributed by atoms with E-state index in [2.05, 4.69) is 5.32 Å². The van der Waals surface area contributed by atoms with Crippen LogP contribution >= 0.6 is 0 Å². The number of hydrogen-bond donors (Lipinski definition) is 1. The number of carbonyl (C=O) groups excluding carboxylic acids is 1. The van der Waals surface area contributed by atoms with Gasteiger partial charge in [-0.15, -0.1) is 0 Å². The van der Waals surface area contributed by atoms with Crippen molar-refractivity contribution in [3.05, 3.63) is 54.1 Å². The summed E-state index contributed by atoms with van der Waals surface area (Å²) in [5.41, 5.74) is 0.934. The molecule has 1 N–H and O–H groups in total. The molecule has 0 spiro atoms. The van der Waals surface area contributed by atoms with Crippen LogP contribution in [0.5, 0.6) is 11.5 Å². The first kappa shape index (κ1) is 15.9. The molecule has 0 unspecified atom stereocenters. The monoisotopic (exact) mass is 299 g/mol. The fraction of sp³-hybridized carbons (Fsp3) is 0.278. The molecule has 0 aliphatic carbocycles. The number of anilines is 1. The van der Waals surface area contributed by atoms with E-state index in [1.54, 1.807) is 32.4 Å². The van der Waals surface area contributed by atoms with E-state index in [1.807, 2.05) is 44.2 Å². The van der Waals surface area contributed by atoms with Crippen molar-refractivity contribution in [1.82, 2.24) is 0 Å². The molecule has 2 aromatic rings. The Kier molecular flexibility index (Phi) is 4.71. The number of amides is 1. The summed E-state index contributed by atoms with van der Waals surface area (Å²) in [6, 6.07) is 15.0. The topological polar surface area (TPSA) is 47.6 Å². The quantitative estimate of drug-likeness (QED) is 0.917. The second-order valence-electron chi connectivity index (χ2n) is 5.51. The van der Waals surface area contributed by atoms with Gasteiger partial charge >= 0.3 is 0 Å². The van der Waals surface area contributed by atoms with Crippen molar-refractivity contribution in [2.75, 3.05) is 19.5 Å². The lowest BCUT2D eigenvalue weighted by molar-refractivity contribution is -0.120. The summed E-state index contributed by atoms with van der Waals surface area (Å²) in [4.78, 5) is 12.7. The molecule has 0 fully saturated rings. The average molecular weight is 299 g/mol. The van der Waals surface area contributed by atoms with E-state index in [0.29, 0.717) is 17.2 Å². The van der Waals surface area contributed by atoms with E-state index in [4.69, 9.17) is 9.47 Å². The van der Waals surface area contributed by atoms with Crippen LogP contribution in [0.4, 0.5) is 5.69 Å². The van der Waals surface area contributed by atoms with Crippen molar-refractivity contribution >= 4 is 11.6 Å². The summed E-state index contributed by atoms with van der Waals surface area (Å²) in [5.74, 6) is 1.15. The first-order chi connectivity index (χ1) is 10.5. The standard InChI is InChI=1S/C18H21NO3/c1-18(2,13-8-6-5-7-9-13)17(20)19-15-11-10-14(21-3)12-16(15)22-4/h5-12H,1-4H3,(H,19,20). The van der Waals surface area contributed by atoms with Crippen LogP contribution in [0.25, 0.3) is 0 Å². The number of ether oxygens (including phenoxy) is 2. The molecule has 0 aromatic heterocycles. The maximum absolute atomic E-state index is 12.7. The number of rotatable bonds is 5. The highest BCUT2D eigenvalue weighted by Gasteiger charge is 2.30. The van der Waals surface area contributed by atoms with Crippen molar-refractivity contribution in [1.29, 1.82) is 0 Å². The minimum atomic E-state index is -0.647. The number of nitrogens with one attached hydrogen (secondary N) is 1. The van der Waals surface area contributed by atoms with E-state index >= 15 is 0 Å². The zero-order valence-electron chi connectivity index (χ0n) is 13.3. The smallest absolute Gasteiger partial charge is 0.234 e. The van der Waals surface area contributed by atoms with E-state index in [-0.39, 0.29) is 5.91 Å². The van der Waals surface area contributed by atoms with Crippen LogP contribution in [0.3, 0.4) is 0 Å². The van der Waals surface area contributed by atoms with Gasteiger partial charge < -0.3 is 14.8 Å². The lowest BCUT2D eigenvalue weighted by atomic mass is 9.83. The van der Waals surface area contributed by atoms with Gasteiger partial charge in [-0.3, -0.25) is 4.79 Å². The third-order valence-electron chi connectivity index (χ3n) is 3.72. The SMILES string of the molecule is COc1ccc(NC(=O)C(C)(C)c2ccccc2)c(OC)c1. The van der Waals surface area contributed by atoms with Gasteiger partial charge in [-0.1, -0.05) is 30.3 Å². The molecular weight excluding hydrogens is 278 g/mol. The molecule has 1 amide bonds. The zero-order valence-corrected chi connectivity index (χ0v) is 13.3. The minimum absolute atomic E-state index is 0.0952. The number of benzene rings is 2. The maximum atomic E-state index is 12.7. The Morgan fingerprint density at radius 2 is 1.68 bits per heavy atom. The third-order valence-corrected chi connectivity index (χ3v) is 3.72. The molecule has 4 heteroatoms. The van der Waals surface area contributed by atoms with E-state index in [9.17, 15) is 4.79 Å². The predicted molar refractivity (Wildman–Crippen MR) is 87.6 cm³/mol. The fourth-order valence-electron chi connectivity index (χ4n) is 2.17. The molecule has 0 radical (unpaired) electrons. The first-order valence-corrected chi connectivity index (χ1v) is 7.08. The fourth-order valence-corrected chi connectivity index (χ4v) is 2.17. The number of hydrogen-bond acceptors (Lipinski definition) is 3. The van der Waals surface area contributed by atoms with Crippen LogP contribution in [0.15, 0.2) is 48.5 Å². The number of methoxy groups -OCH3 is 2. The normalized spacial score (nSPS) is 10.9. The molecule has 4 nitrogen and oxygen atoms in total. The zero-order chi connectivity index (χ0) is 16.2. The lowest BCUT2D eigenvalue weighted by Gasteiger charge is -2.24. The van der Waals surface area contributed by atoms with Gasteiger partial charge in [0, 0.05) is 6.07 Å². The van der Waals surface area contributed by atoms with Crippen LogP contribution in [-0.2, 0) is 10.2 Å². The molecule has 2 rings (SSSR count). The summed E-state index contributed by atoms with van der Waals surface area (Å²) < 4.78 is 10.5.